The number of carbonyl (C=O) groups excluding carboxylic acids is 2. The fourth-order valence-electron chi connectivity index (χ4n) is 2.75. The van der Waals surface area contributed by atoms with E-state index in [9.17, 15) is 9.59 Å². The van der Waals surface area contributed by atoms with E-state index in [4.69, 9.17) is 0 Å². The fraction of sp³-hybridized carbons (Fsp3) is 0.300. The van der Waals surface area contributed by atoms with Crippen molar-refractivity contribution in [1.82, 2.24) is 10.0 Å². The van der Waals surface area contributed by atoms with Gasteiger partial charge in [0.15, 0.2) is 0 Å². The van der Waals surface area contributed by atoms with Crippen LogP contribution in [0.25, 0.3) is 0 Å². The molecule has 0 aromatic heterocycles. The normalized spacial score (nSPS) is 10.3. The van der Waals surface area contributed by atoms with Crippen molar-refractivity contribution in [3.05, 3.63) is 70.8 Å². The quantitative estimate of drug-likeness (QED) is 0.802. The first-order valence-electron chi connectivity index (χ1n) is 8.26. The van der Waals surface area contributed by atoms with Gasteiger partial charge in [0.25, 0.3) is 11.8 Å². The molecule has 126 valence electrons. The predicted molar refractivity (Wildman–Crippen MR) is 95.8 cm³/mol. The summed E-state index contributed by atoms with van der Waals surface area (Å²) in [5, 5.41) is 3.05. The molecule has 0 saturated carbocycles. The van der Waals surface area contributed by atoms with Gasteiger partial charge < -0.3 is 0 Å². The number of carbonyl (C=O) groups is 2. The molecule has 0 bridgehead atoms. The molecule has 0 aliphatic rings. The van der Waals surface area contributed by atoms with Gasteiger partial charge in [0.2, 0.25) is 0 Å². The average molecular weight is 324 g/mol. The number of hydrogen-bond donors (Lipinski definition) is 0. The molecule has 0 aliphatic heterocycles. The second-order valence-corrected chi connectivity index (χ2v) is 5.67. The Hall–Kier alpha value is -2.62. The molecule has 0 fully saturated rings. The molecule has 0 heterocycles. The van der Waals surface area contributed by atoms with Crippen LogP contribution in [0.15, 0.2) is 48.5 Å². The van der Waals surface area contributed by atoms with E-state index in [-0.39, 0.29) is 11.8 Å². The Morgan fingerprint density at radius 1 is 0.708 bits per heavy atom. The number of amides is 2. The van der Waals surface area contributed by atoms with Gasteiger partial charge in [-0.2, -0.15) is 0 Å². The van der Waals surface area contributed by atoms with Crippen molar-refractivity contribution in [2.24, 2.45) is 0 Å². The van der Waals surface area contributed by atoms with Crippen LogP contribution in [0.4, 0.5) is 0 Å². The Labute approximate surface area is 143 Å². The molecule has 2 rings (SSSR count). The zero-order valence-electron chi connectivity index (χ0n) is 14.7. The third kappa shape index (κ3) is 3.48. The highest BCUT2D eigenvalue weighted by atomic mass is 16.2. The third-order valence-corrected chi connectivity index (χ3v) is 4.11. The summed E-state index contributed by atoms with van der Waals surface area (Å²) in [5.41, 5.74) is 3.05. The summed E-state index contributed by atoms with van der Waals surface area (Å²) in [5.74, 6) is -0.307. The first-order chi connectivity index (χ1) is 11.5. The Morgan fingerprint density at radius 3 is 1.33 bits per heavy atom. The molecule has 0 atom stereocenters. The number of rotatable bonds is 4. The minimum absolute atomic E-state index is 0.153. The summed E-state index contributed by atoms with van der Waals surface area (Å²) in [6.45, 7) is 8.42. The third-order valence-electron chi connectivity index (χ3n) is 4.11. The van der Waals surface area contributed by atoms with Gasteiger partial charge in [0, 0.05) is 24.2 Å². The Morgan fingerprint density at radius 2 is 1.04 bits per heavy atom. The average Bonchev–Trinajstić information content (AvgIpc) is 2.59. The Balaban J connectivity index is 2.37. The lowest BCUT2D eigenvalue weighted by Crippen LogP contribution is -2.49. The van der Waals surface area contributed by atoms with E-state index < -0.39 is 0 Å². The molecule has 2 aromatic rings. The van der Waals surface area contributed by atoms with Gasteiger partial charge in [-0.3, -0.25) is 9.59 Å². The molecule has 2 aromatic carbocycles. The minimum atomic E-state index is -0.153. The number of hydrazine groups is 1. The largest absolute Gasteiger partial charge is 0.272 e. The van der Waals surface area contributed by atoms with Gasteiger partial charge >= 0.3 is 0 Å². The van der Waals surface area contributed by atoms with Gasteiger partial charge in [-0.1, -0.05) is 36.4 Å². The zero-order valence-corrected chi connectivity index (χ0v) is 14.7. The van der Waals surface area contributed by atoms with Crippen LogP contribution in [-0.2, 0) is 0 Å². The number of nitrogens with zero attached hydrogens (tertiary/aromatic N) is 2. The van der Waals surface area contributed by atoms with Gasteiger partial charge in [-0.15, -0.1) is 0 Å². The van der Waals surface area contributed by atoms with Gasteiger partial charge in [-0.05, 0) is 51.0 Å². The molecule has 24 heavy (non-hydrogen) atoms. The van der Waals surface area contributed by atoms with Crippen LogP contribution in [0.2, 0.25) is 0 Å². The SMILES string of the molecule is CCN(C(=O)c1ccccc1C)N(CC)C(=O)c1ccccc1C. The molecule has 0 spiro atoms. The van der Waals surface area contributed by atoms with Gasteiger partial charge in [0.1, 0.15) is 0 Å². The van der Waals surface area contributed by atoms with Crippen molar-refractivity contribution in [2.75, 3.05) is 13.1 Å². The summed E-state index contributed by atoms with van der Waals surface area (Å²) in [6, 6.07) is 14.9. The number of benzene rings is 2. The van der Waals surface area contributed by atoms with Crippen molar-refractivity contribution >= 4 is 11.8 Å². The topological polar surface area (TPSA) is 40.6 Å². The first kappa shape index (κ1) is 17.7. The van der Waals surface area contributed by atoms with E-state index in [0.717, 1.165) is 11.1 Å². The van der Waals surface area contributed by atoms with Crippen LogP contribution in [0.5, 0.6) is 0 Å². The summed E-state index contributed by atoms with van der Waals surface area (Å²) < 4.78 is 0. The van der Waals surface area contributed by atoms with Crippen molar-refractivity contribution in [1.29, 1.82) is 0 Å². The Bertz CT molecular complexity index is 676. The van der Waals surface area contributed by atoms with E-state index in [1.165, 1.54) is 10.0 Å². The predicted octanol–water partition coefficient (Wildman–Crippen LogP) is 3.84. The lowest BCUT2D eigenvalue weighted by Gasteiger charge is -2.34. The lowest BCUT2D eigenvalue weighted by atomic mass is 10.1. The second-order valence-electron chi connectivity index (χ2n) is 5.67. The van der Waals surface area contributed by atoms with E-state index in [2.05, 4.69) is 0 Å². The van der Waals surface area contributed by atoms with Crippen LogP contribution >= 0.6 is 0 Å². The van der Waals surface area contributed by atoms with E-state index in [1.54, 1.807) is 12.1 Å². The summed E-state index contributed by atoms with van der Waals surface area (Å²) in [6.07, 6.45) is 0. The van der Waals surface area contributed by atoms with Crippen molar-refractivity contribution in [3.63, 3.8) is 0 Å². The maximum absolute atomic E-state index is 12.9. The van der Waals surface area contributed by atoms with Gasteiger partial charge in [-0.25, -0.2) is 10.0 Å². The molecule has 4 nitrogen and oxygen atoms in total. The van der Waals surface area contributed by atoms with Crippen LogP contribution in [-0.4, -0.2) is 34.9 Å². The molecule has 0 saturated heterocycles. The van der Waals surface area contributed by atoms with Crippen LogP contribution in [0.1, 0.15) is 45.7 Å². The number of aryl methyl sites for hydroxylation is 2. The van der Waals surface area contributed by atoms with Crippen LogP contribution in [0, 0.1) is 13.8 Å². The Kier molecular flexibility index (Phi) is 5.74. The monoisotopic (exact) mass is 324 g/mol. The molecule has 0 N–H and O–H groups in total. The highest BCUT2D eigenvalue weighted by Gasteiger charge is 2.26. The smallest absolute Gasteiger partial charge is 0.267 e. The van der Waals surface area contributed by atoms with E-state index >= 15 is 0 Å². The standard InChI is InChI=1S/C20H24N2O2/c1-5-21(19(23)17-13-9-7-11-15(17)3)22(6-2)20(24)18-14-10-8-12-16(18)4/h7-14H,5-6H2,1-4H3. The molecule has 2 amide bonds. The summed E-state index contributed by atoms with van der Waals surface area (Å²) >= 11 is 0. The van der Waals surface area contributed by atoms with E-state index in [0.29, 0.717) is 24.2 Å². The zero-order chi connectivity index (χ0) is 17.7. The number of hydrogen-bond acceptors (Lipinski definition) is 2. The first-order valence-corrected chi connectivity index (χ1v) is 8.26. The van der Waals surface area contributed by atoms with Crippen molar-refractivity contribution in [2.45, 2.75) is 27.7 Å². The molecular weight excluding hydrogens is 300 g/mol. The molecule has 0 unspecified atom stereocenters. The minimum Gasteiger partial charge on any atom is -0.267 e. The molecular formula is C20H24N2O2. The van der Waals surface area contributed by atoms with Crippen molar-refractivity contribution in [3.8, 4) is 0 Å². The van der Waals surface area contributed by atoms with Gasteiger partial charge in [0.05, 0.1) is 0 Å². The van der Waals surface area contributed by atoms with Crippen LogP contribution < -0.4 is 0 Å². The molecule has 4 heteroatoms. The maximum atomic E-state index is 12.9. The highest BCUT2D eigenvalue weighted by molar-refractivity contribution is 6.00. The lowest BCUT2D eigenvalue weighted by molar-refractivity contribution is 0.000738. The second kappa shape index (κ2) is 7.77. The summed E-state index contributed by atoms with van der Waals surface area (Å²) in [4.78, 5) is 25.9. The van der Waals surface area contributed by atoms with Crippen molar-refractivity contribution < 1.29 is 9.59 Å². The van der Waals surface area contributed by atoms with E-state index in [1.807, 2.05) is 64.1 Å². The fourth-order valence-corrected chi connectivity index (χ4v) is 2.75. The maximum Gasteiger partial charge on any atom is 0.272 e. The van der Waals surface area contributed by atoms with Crippen LogP contribution in [0.3, 0.4) is 0 Å². The molecule has 0 aliphatic carbocycles. The highest BCUT2D eigenvalue weighted by Crippen LogP contribution is 2.16. The summed E-state index contributed by atoms with van der Waals surface area (Å²) in [7, 11) is 0. The molecule has 0 radical (unpaired) electrons.